The summed E-state index contributed by atoms with van der Waals surface area (Å²) in [7, 11) is 0. The van der Waals surface area contributed by atoms with Crippen molar-refractivity contribution in [3.05, 3.63) is 29.6 Å². The highest BCUT2D eigenvalue weighted by Crippen LogP contribution is 2.41. The predicted octanol–water partition coefficient (Wildman–Crippen LogP) is 4.83. The van der Waals surface area contributed by atoms with Gasteiger partial charge in [0.05, 0.1) is 0 Å². The van der Waals surface area contributed by atoms with Gasteiger partial charge in [-0.25, -0.2) is 9.18 Å². The molecule has 0 radical (unpaired) electrons. The molecule has 1 aliphatic rings. The first kappa shape index (κ1) is 22.0. The lowest BCUT2D eigenvalue weighted by Crippen LogP contribution is -2.56. The molecule has 0 aliphatic heterocycles. The molecule has 5 nitrogen and oxygen atoms in total. The molecule has 1 unspecified atom stereocenters. The molecule has 0 aromatic heterocycles. The summed E-state index contributed by atoms with van der Waals surface area (Å²) < 4.78 is 61.6. The number of alkyl carbamates (subject to hydrolysis) is 1. The number of amides is 1. The molecule has 156 valence electrons. The molecule has 1 fully saturated rings. The van der Waals surface area contributed by atoms with E-state index >= 15 is 0 Å². The SMILES string of the molecule is CC1CCC(=O)[C@@](NC(=O)OC(C)(C)C)(c2cccc(OC(F)(F)F)c2F)C1. The largest absolute Gasteiger partial charge is 0.573 e. The Labute approximate surface area is 160 Å². The van der Waals surface area contributed by atoms with Gasteiger partial charge < -0.3 is 14.8 Å². The van der Waals surface area contributed by atoms with Crippen molar-refractivity contribution in [2.45, 2.75) is 64.5 Å². The second-order valence-corrected chi connectivity index (χ2v) is 7.97. The van der Waals surface area contributed by atoms with E-state index in [4.69, 9.17) is 4.74 Å². The molecule has 0 saturated heterocycles. The quantitative estimate of drug-likeness (QED) is 0.732. The number of alkyl halides is 3. The highest BCUT2D eigenvalue weighted by atomic mass is 19.4. The summed E-state index contributed by atoms with van der Waals surface area (Å²) in [5.41, 5.74) is -3.10. The minimum absolute atomic E-state index is 0.0253. The first-order chi connectivity index (χ1) is 12.7. The summed E-state index contributed by atoms with van der Waals surface area (Å²) in [6.45, 7) is 6.65. The maximum atomic E-state index is 15.0. The van der Waals surface area contributed by atoms with E-state index in [0.29, 0.717) is 6.42 Å². The van der Waals surface area contributed by atoms with Crippen molar-refractivity contribution in [3.63, 3.8) is 0 Å². The van der Waals surface area contributed by atoms with Crippen LogP contribution in [-0.4, -0.2) is 23.8 Å². The highest BCUT2D eigenvalue weighted by molar-refractivity contribution is 5.93. The van der Waals surface area contributed by atoms with Crippen molar-refractivity contribution in [2.75, 3.05) is 0 Å². The number of nitrogens with one attached hydrogen (secondary N) is 1. The van der Waals surface area contributed by atoms with Crippen LogP contribution in [0, 0.1) is 11.7 Å². The fraction of sp³-hybridized carbons (Fsp3) is 0.579. The topological polar surface area (TPSA) is 64.6 Å². The lowest BCUT2D eigenvalue weighted by Gasteiger charge is -2.40. The van der Waals surface area contributed by atoms with E-state index in [0.717, 1.165) is 12.1 Å². The number of ether oxygens (including phenoxy) is 2. The molecule has 9 heteroatoms. The molecule has 0 heterocycles. The Morgan fingerprint density at radius 1 is 1.25 bits per heavy atom. The summed E-state index contributed by atoms with van der Waals surface area (Å²) in [6, 6.07) is 3.13. The molecule has 0 bridgehead atoms. The Morgan fingerprint density at radius 3 is 2.46 bits per heavy atom. The Kier molecular flexibility index (Phi) is 5.96. The molecule has 1 N–H and O–H groups in total. The number of rotatable bonds is 3. The molecule has 28 heavy (non-hydrogen) atoms. The summed E-state index contributed by atoms with van der Waals surface area (Å²) in [5.74, 6) is -3.00. The molecule has 1 amide bonds. The summed E-state index contributed by atoms with van der Waals surface area (Å²) in [5, 5.41) is 2.43. The molecular weight excluding hydrogens is 382 g/mol. The van der Waals surface area contributed by atoms with Crippen LogP contribution in [0.5, 0.6) is 5.75 Å². The van der Waals surface area contributed by atoms with Gasteiger partial charge in [-0.1, -0.05) is 19.1 Å². The van der Waals surface area contributed by atoms with Crippen molar-refractivity contribution in [1.29, 1.82) is 0 Å². The summed E-state index contributed by atoms with van der Waals surface area (Å²) in [6.07, 6.45) is -5.47. The summed E-state index contributed by atoms with van der Waals surface area (Å²) in [4.78, 5) is 25.2. The lowest BCUT2D eigenvalue weighted by molar-refractivity contribution is -0.275. The Bertz CT molecular complexity index is 757. The van der Waals surface area contributed by atoms with Gasteiger partial charge in [-0.05, 0) is 45.6 Å². The van der Waals surface area contributed by atoms with Crippen LogP contribution in [0.1, 0.15) is 52.5 Å². The molecule has 1 aliphatic carbocycles. The summed E-state index contributed by atoms with van der Waals surface area (Å²) >= 11 is 0. The van der Waals surface area contributed by atoms with Gasteiger partial charge >= 0.3 is 12.5 Å². The van der Waals surface area contributed by atoms with E-state index in [1.807, 2.05) is 6.92 Å². The molecule has 1 aromatic rings. The van der Waals surface area contributed by atoms with Crippen LogP contribution < -0.4 is 10.1 Å². The first-order valence-electron chi connectivity index (χ1n) is 8.83. The normalized spacial score (nSPS) is 23.3. The van der Waals surface area contributed by atoms with Gasteiger partial charge in [-0.15, -0.1) is 13.2 Å². The standard InChI is InChI=1S/C19H23F4NO4/c1-11-8-9-14(25)18(10-11,24-16(26)28-17(2,3)4)12-6-5-7-13(15(12)20)27-19(21,22)23/h5-7,11H,8-10H2,1-4H3,(H,24,26)/t11?,18-/m0/s1. The Morgan fingerprint density at radius 2 is 1.89 bits per heavy atom. The number of benzene rings is 1. The lowest BCUT2D eigenvalue weighted by atomic mass is 9.71. The second-order valence-electron chi connectivity index (χ2n) is 7.97. The first-order valence-corrected chi connectivity index (χ1v) is 8.83. The third kappa shape index (κ3) is 5.14. The average molecular weight is 405 g/mol. The van der Waals surface area contributed by atoms with E-state index in [1.165, 1.54) is 6.07 Å². The van der Waals surface area contributed by atoms with Gasteiger partial charge in [0.15, 0.2) is 17.3 Å². The van der Waals surface area contributed by atoms with Crippen LogP contribution in [-0.2, 0) is 15.1 Å². The zero-order valence-electron chi connectivity index (χ0n) is 16.1. The van der Waals surface area contributed by atoms with Crippen LogP contribution in [0.2, 0.25) is 0 Å². The molecule has 1 aromatic carbocycles. The number of Topliss-reactive ketones (excluding diaryl/α,β-unsaturated/α-hetero) is 1. The number of carbonyl (C=O) groups is 2. The van der Waals surface area contributed by atoms with Gasteiger partial charge in [0.2, 0.25) is 0 Å². The van der Waals surface area contributed by atoms with E-state index in [2.05, 4.69) is 10.1 Å². The number of ketones is 1. The predicted molar refractivity (Wildman–Crippen MR) is 92.2 cm³/mol. The van der Waals surface area contributed by atoms with Crippen LogP contribution in [0.4, 0.5) is 22.4 Å². The highest BCUT2D eigenvalue weighted by Gasteiger charge is 2.48. The fourth-order valence-corrected chi connectivity index (χ4v) is 3.30. The van der Waals surface area contributed by atoms with Crippen molar-refractivity contribution in [1.82, 2.24) is 5.32 Å². The molecular formula is C19H23F4NO4. The third-order valence-electron chi connectivity index (χ3n) is 4.36. The minimum Gasteiger partial charge on any atom is -0.444 e. The number of hydrogen-bond donors (Lipinski definition) is 1. The van der Waals surface area contributed by atoms with E-state index in [9.17, 15) is 27.2 Å². The zero-order chi connectivity index (χ0) is 21.3. The van der Waals surface area contributed by atoms with Crippen molar-refractivity contribution in [3.8, 4) is 5.75 Å². The Balaban J connectivity index is 2.53. The van der Waals surface area contributed by atoms with Crippen molar-refractivity contribution < 1.29 is 36.6 Å². The molecule has 1 saturated carbocycles. The van der Waals surface area contributed by atoms with Crippen LogP contribution >= 0.6 is 0 Å². The minimum atomic E-state index is -5.10. The second kappa shape index (κ2) is 7.60. The van der Waals surface area contributed by atoms with Crippen LogP contribution in [0.25, 0.3) is 0 Å². The van der Waals surface area contributed by atoms with Crippen LogP contribution in [0.15, 0.2) is 18.2 Å². The van der Waals surface area contributed by atoms with E-state index in [-0.39, 0.29) is 24.3 Å². The van der Waals surface area contributed by atoms with E-state index in [1.54, 1.807) is 20.8 Å². The van der Waals surface area contributed by atoms with E-state index < -0.39 is 40.9 Å². The fourth-order valence-electron chi connectivity index (χ4n) is 3.30. The smallest absolute Gasteiger partial charge is 0.444 e. The maximum Gasteiger partial charge on any atom is 0.573 e. The van der Waals surface area contributed by atoms with Gasteiger partial charge in [-0.3, -0.25) is 4.79 Å². The van der Waals surface area contributed by atoms with Crippen molar-refractivity contribution in [2.24, 2.45) is 5.92 Å². The van der Waals surface area contributed by atoms with Gasteiger partial charge in [-0.2, -0.15) is 0 Å². The Hall–Kier alpha value is -2.32. The maximum absolute atomic E-state index is 15.0. The van der Waals surface area contributed by atoms with Crippen LogP contribution in [0.3, 0.4) is 0 Å². The third-order valence-corrected chi connectivity index (χ3v) is 4.36. The number of hydrogen-bond acceptors (Lipinski definition) is 4. The molecule has 2 atom stereocenters. The number of carbonyl (C=O) groups excluding carboxylic acids is 2. The van der Waals surface area contributed by atoms with Gasteiger partial charge in [0.25, 0.3) is 0 Å². The zero-order valence-corrected chi connectivity index (χ0v) is 16.1. The average Bonchev–Trinajstić information content (AvgIpc) is 2.49. The van der Waals surface area contributed by atoms with Gasteiger partial charge in [0.1, 0.15) is 11.1 Å². The monoisotopic (exact) mass is 405 g/mol. The molecule has 2 rings (SSSR count). The molecule has 0 spiro atoms. The van der Waals surface area contributed by atoms with Gasteiger partial charge in [0, 0.05) is 12.0 Å². The van der Waals surface area contributed by atoms with Crippen molar-refractivity contribution >= 4 is 11.9 Å². The number of halogens is 4.